The number of furan rings is 1. The van der Waals surface area contributed by atoms with E-state index in [1.54, 1.807) is 30.3 Å². The van der Waals surface area contributed by atoms with Gasteiger partial charge in [-0.2, -0.15) is 0 Å². The minimum Gasteiger partial charge on any atom is -0.480 e. The van der Waals surface area contributed by atoms with E-state index in [1.807, 2.05) is 0 Å². The maximum Gasteiger partial charge on any atom is 0.326 e. The molecule has 0 saturated carbocycles. The summed E-state index contributed by atoms with van der Waals surface area (Å²) in [6.07, 6.45) is 0.0977. The maximum absolute atomic E-state index is 12.3. The molecule has 134 valence electrons. The van der Waals surface area contributed by atoms with Crippen molar-refractivity contribution in [2.24, 2.45) is 0 Å². The highest BCUT2D eigenvalue weighted by molar-refractivity contribution is 7.89. The smallest absolute Gasteiger partial charge is 0.326 e. The Kier molecular flexibility index (Phi) is 5.60. The quantitative estimate of drug-likeness (QED) is 0.669. The Morgan fingerprint density at radius 3 is 2.44 bits per heavy atom. The number of carbonyl (C=O) groups is 2. The Bertz CT molecular complexity index is 873. The van der Waals surface area contributed by atoms with Crippen molar-refractivity contribution in [2.45, 2.75) is 24.5 Å². The molecule has 1 heterocycles. The standard InChI is InChI=1S/C16H18N2O6S/c1-10-12(9-14(24-10)25(22,23)17-2)15(19)18-13(16(20)21)8-11-6-4-3-5-7-11/h3-7,9,13,17H,8H2,1-2H3,(H,18,19)(H,20,21)/t13-/m0/s1. The number of carboxylic acids is 1. The summed E-state index contributed by atoms with van der Waals surface area (Å²) >= 11 is 0. The van der Waals surface area contributed by atoms with Gasteiger partial charge in [0, 0.05) is 12.5 Å². The van der Waals surface area contributed by atoms with Crippen LogP contribution in [0.15, 0.2) is 45.9 Å². The van der Waals surface area contributed by atoms with E-state index in [-0.39, 0.29) is 17.7 Å². The van der Waals surface area contributed by atoms with Gasteiger partial charge in [0.1, 0.15) is 11.8 Å². The number of hydrogen-bond acceptors (Lipinski definition) is 5. The molecule has 0 spiro atoms. The Morgan fingerprint density at radius 1 is 1.24 bits per heavy atom. The van der Waals surface area contributed by atoms with Crippen molar-refractivity contribution < 1.29 is 27.5 Å². The molecule has 1 aromatic heterocycles. The molecular weight excluding hydrogens is 348 g/mol. The van der Waals surface area contributed by atoms with Crippen LogP contribution in [0.4, 0.5) is 0 Å². The fourth-order valence-corrected chi connectivity index (χ4v) is 2.91. The number of nitrogens with one attached hydrogen (secondary N) is 2. The molecule has 0 aliphatic heterocycles. The number of hydrogen-bond donors (Lipinski definition) is 3. The van der Waals surface area contributed by atoms with E-state index in [2.05, 4.69) is 10.0 Å². The summed E-state index contributed by atoms with van der Waals surface area (Å²) in [7, 11) is -2.62. The zero-order chi connectivity index (χ0) is 18.6. The molecule has 9 heteroatoms. The first kappa shape index (κ1) is 18.7. The highest BCUT2D eigenvalue weighted by Gasteiger charge is 2.26. The van der Waals surface area contributed by atoms with E-state index < -0.39 is 33.0 Å². The molecule has 2 rings (SSSR count). The molecule has 2 aromatic rings. The second kappa shape index (κ2) is 7.49. The lowest BCUT2D eigenvalue weighted by atomic mass is 10.1. The van der Waals surface area contributed by atoms with E-state index in [0.717, 1.165) is 11.6 Å². The van der Waals surface area contributed by atoms with Crippen molar-refractivity contribution >= 4 is 21.9 Å². The third kappa shape index (κ3) is 4.46. The van der Waals surface area contributed by atoms with Gasteiger partial charge in [-0.1, -0.05) is 30.3 Å². The van der Waals surface area contributed by atoms with Crippen LogP contribution in [0, 0.1) is 6.92 Å². The fourth-order valence-electron chi connectivity index (χ4n) is 2.20. The van der Waals surface area contributed by atoms with Gasteiger partial charge in [-0.3, -0.25) is 4.79 Å². The van der Waals surface area contributed by atoms with Gasteiger partial charge in [0.2, 0.25) is 5.09 Å². The lowest BCUT2D eigenvalue weighted by molar-refractivity contribution is -0.139. The molecule has 0 saturated heterocycles. The first-order valence-corrected chi connectivity index (χ1v) is 8.84. The largest absolute Gasteiger partial charge is 0.480 e. The third-order valence-corrected chi connectivity index (χ3v) is 4.83. The molecule has 25 heavy (non-hydrogen) atoms. The average Bonchev–Trinajstić information content (AvgIpc) is 2.98. The summed E-state index contributed by atoms with van der Waals surface area (Å²) in [6, 6.07) is 8.75. The Hall–Kier alpha value is -2.65. The summed E-state index contributed by atoms with van der Waals surface area (Å²) in [4.78, 5) is 23.8. The average molecular weight is 366 g/mol. The SMILES string of the molecule is CNS(=O)(=O)c1cc(C(=O)N[C@@H](Cc2ccccc2)C(=O)O)c(C)o1. The molecule has 0 unspecified atom stereocenters. The normalized spacial score (nSPS) is 12.6. The summed E-state index contributed by atoms with van der Waals surface area (Å²) in [5.74, 6) is -1.83. The zero-order valence-electron chi connectivity index (χ0n) is 13.6. The van der Waals surface area contributed by atoms with Crippen LogP contribution >= 0.6 is 0 Å². The fraction of sp³-hybridized carbons (Fsp3) is 0.250. The first-order chi connectivity index (χ1) is 11.7. The third-order valence-electron chi connectivity index (χ3n) is 3.56. The Morgan fingerprint density at radius 2 is 1.88 bits per heavy atom. The number of benzene rings is 1. The number of aliphatic carboxylic acids is 1. The van der Waals surface area contributed by atoms with Crippen LogP contribution in [0.3, 0.4) is 0 Å². The van der Waals surface area contributed by atoms with Crippen molar-refractivity contribution in [3.63, 3.8) is 0 Å². The number of sulfonamides is 1. The predicted molar refractivity (Wildman–Crippen MR) is 88.7 cm³/mol. The van der Waals surface area contributed by atoms with E-state index in [0.29, 0.717) is 0 Å². The number of amides is 1. The highest BCUT2D eigenvalue weighted by Crippen LogP contribution is 2.19. The van der Waals surface area contributed by atoms with Crippen LogP contribution in [0.2, 0.25) is 0 Å². The molecule has 3 N–H and O–H groups in total. The zero-order valence-corrected chi connectivity index (χ0v) is 14.5. The predicted octanol–water partition coefficient (Wildman–Crippen LogP) is 0.922. The maximum atomic E-state index is 12.3. The van der Waals surface area contributed by atoms with Crippen molar-refractivity contribution in [1.82, 2.24) is 10.0 Å². The van der Waals surface area contributed by atoms with Crippen LogP contribution in [0.5, 0.6) is 0 Å². The lowest BCUT2D eigenvalue weighted by Crippen LogP contribution is -2.42. The van der Waals surface area contributed by atoms with E-state index >= 15 is 0 Å². The van der Waals surface area contributed by atoms with Gasteiger partial charge in [0.05, 0.1) is 5.56 Å². The van der Waals surface area contributed by atoms with Crippen molar-refractivity contribution in [2.75, 3.05) is 7.05 Å². The van der Waals surface area contributed by atoms with Gasteiger partial charge in [-0.05, 0) is 19.5 Å². The summed E-state index contributed by atoms with van der Waals surface area (Å²) in [5, 5.41) is 11.3. The molecule has 8 nitrogen and oxygen atoms in total. The molecule has 0 bridgehead atoms. The summed E-state index contributed by atoms with van der Waals surface area (Å²) in [5.41, 5.74) is 0.714. The number of carbonyl (C=O) groups excluding carboxylic acids is 1. The van der Waals surface area contributed by atoms with E-state index in [9.17, 15) is 23.1 Å². The van der Waals surface area contributed by atoms with Gasteiger partial charge in [-0.25, -0.2) is 17.9 Å². The molecule has 1 amide bonds. The monoisotopic (exact) mass is 366 g/mol. The first-order valence-electron chi connectivity index (χ1n) is 7.36. The molecule has 0 fully saturated rings. The lowest BCUT2D eigenvalue weighted by Gasteiger charge is -2.14. The Labute approximate surface area is 144 Å². The molecule has 0 aliphatic rings. The van der Waals surface area contributed by atoms with Crippen LogP contribution in [0.25, 0.3) is 0 Å². The minimum atomic E-state index is -3.84. The molecule has 0 aliphatic carbocycles. The van der Waals surface area contributed by atoms with Gasteiger partial charge in [0.25, 0.3) is 15.9 Å². The molecule has 1 atom stereocenters. The second-order valence-electron chi connectivity index (χ2n) is 5.30. The molecule has 1 aromatic carbocycles. The summed E-state index contributed by atoms with van der Waals surface area (Å²) < 4.78 is 30.6. The van der Waals surface area contributed by atoms with Crippen molar-refractivity contribution in [3.05, 3.63) is 53.3 Å². The van der Waals surface area contributed by atoms with E-state index in [4.69, 9.17) is 4.42 Å². The van der Waals surface area contributed by atoms with Crippen LogP contribution in [-0.2, 0) is 21.2 Å². The summed E-state index contributed by atoms with van der Waals surface area (Å²) in [6.45, 7) is 1.43. The van der Waals surface area contributed by atoms with Crippen LogP contribution < -0.4 is 10.0 Å². The van der Waals surface area contributed by atoms with Crippen LogP contribution in [-0.4, -0.2) is 38.5 Å². The molecular formula is C16H18N2O6S. The van der Waals surface area contributed by atoms with Gasteiger partial charge in [-0.15, -0.1) is 0 Å². The van der Waals surface area contributed by atoms with Crippen molar-refractivity contribution in [1.29, 1.82) is 0 Å². The number of rotatable bonds is 7. The van der Waals surface area contributed by atoms with E-state index in [1.165, 1.54) is 14.0 Å². The number of carboxylic acid groups (broad SMARTS) is 1. The number of aryl methyl sites for hydroxylation is 1. The second-order valence-corrected chi connectivity index (χ2v) is 7.11. The molecule has 0 radical (unpaired) electrons. The van der Waals surface area contributed by atoms with Crippen molar-refractivity contribution in [3.8, 4) is 0 Å². The Balaban J connectivity index is 2.20. The minimum absolute atomic E-state index is 0.0341. The highest BCUT2D eigenvalue weighted by atomic mass is 32.2. The topological polar surface area (TPSA) is 126 Å². The van der Waals surface area contributed by atoms with Gasteiger partial charge < -0.3 is 14.8 Å². The van der Waals surface area contributed by atoms with Gasteiger partial charge >= 0.3 is 5.97 Å². The van der Waals surface area contributed by atoms with Crippen LogP contribution in [0.1, 0.15) is 21.7 Å². The van der Waals surface area contributed by atoms with Gasteiger partial charge in [0.15, 0.2) is 0 Å².